The predicted octanol–water partition coefficient (Wildman–Crippen LogP) is 3.34. The molecule has 0 fully saturated rings. The zero-order valence-corrected chi connectivity index (χ0v) is 10.7. The van der Waals surface area contributed by atoms with E-state index in [1.807, 2.05) is 12.1 Å². The Bertz CT molecular complexity index is 556. The van der Waals surface area contributed by atoms with Crippen LogP contribution >= 0.6 is 0 Å². The summed E-state index contributed by atoms with van der Waals surface area (Å²) in [7, 11) is 0. The van der Waals surface area contributed by atoms with Gasteiger partial charge in [-0.25, -0.2) is 4.79 Å². The van der Waals surface area contributed by atoms with Gasteiger partial charge in [0.05, 0.1) is 0 Å². The second-order valence-corrected chi connectivity index (χ2v) is 4.01. The van der Waals surface area contributed by atoms with Crippen molar-refractivity contribution in [3.8, 4) is 22.6 Å². The van der Waals surface area contributed by atoms with Crippen LogP contribution in [0.2, 0.25) is 0 Å². The van der Waals surface area contributed by atoms with Crippen molar-refractivity contribution in [3.63, 3.8) is 0 Å². The second-order valence-electron chi connectivity index (χ2n) is 4.01. The van der Waals surface area contributed by atoms with Crippen molar-refractivity contribution in [2.75, 3.05) is 0 Å². The molecule has 0 saturated carbocycles. The van der Waals surface area contributed by atoms with Crippen molar-refractivity contribution in [2.45, 2.75) is 6.92 Å². The summed E-state index contributed by atoms with van der Waals surface area (Å²) < 4.78 is 9.47. The van der Waals surface area contributed by atoms with Crippen LogP contribution in [0.25, 0.3) is 11.1 Å². The molecule has 20 heavy (non-hydrogen) atoms. The van der Waals surface area contributed by atoms with Gasteiger partial charge in [0.2, 0.25) is 0 Å². The summed E-state index contributed by atoms with van der Waals surface area (Å²) in [6.45, 7) is 1.34. The number of ether oxygens (including phenoxy) is 2. The summed E-state index contributed by atoms with van der Waals surface area (Å²) in [4.78, 5) is 21.2. The summed E-state index contributed by atoms with van der Waals surface area (Å²) in [5.41, 5.74) is 1.82. The molecular weight excluding hydrogens is 260 g/mol. The smallest absolute Gasteiger partial charge is 0.449 e. The Labute approximate surface area is 115 Å². The third kappa shape index (κ3) is 3.58. The highest BCUT2D eigenvalue weighted by Crippen LogP contribution is 2.24. The van der Waals surface area contributed by atoms with Crippen molar-refractivity contribution in [1.82, 2.24) is 0 Å². The number of benzene rings is 2. The molecule has 0 atom stereocenters. The topological polar surface area (TPSA) is 72.8 Å². The second kappa shape index (κ2) is 5.88. The molecule has 0 aromatic heterocycles. The molecule has 0 aliphatic carbocycles. The third-order valence-electron chi connectivity index (χ3n) is 2.51. The van der Waals surface area contributed by atoms with Crippen LogP contribution in [0.3, 0.4) is 0 Å². The molecule has 2 aromatic rings. The van der Waals surface area contributed by atoms with E-state index < -0.39 is 6.16 Å². The van der Waals surface area contributed by atoms with E-state index >= 15 is 0 Å². The molecule has 0 aliphatic heterocycles. The minimum absolute atomic E-state index is 0.262. The quantitative estimate of drug-likeness (QED) is 0.527. The Hall–Kier alpha value is -2.82. The van der Waals surface area contributed by atoms with Crippen LogP contribution in [-0.4, -0.2) is 17.2 Å². The van der Waals surface area contributed by atoms with Gasteiger partial charge in [-0.2, -0.15) is 0 Å². The fourth-order valence-corrected chi connectivity index (χ4v) is 1.70. The van der Waals surface area contributed by atoms with Crippen LogP contribution in [0.4, 0.5) is 4.79 Å². The molecule has 0 spiro atoms. The number of carboxylic acid groups (broad SMARTS) is 1. The Morgan fingerprint density at radius 2 is 1.20 bits per heavy atom. The highest BCUT2D eigenvalue weighted by molar-refractivity contribution is 5.70. The van der Waals surface area contributed by atoms with Crippen molar-refractivity contribution in [1.29, 1.82) is 0 Å². The lowest BCUT2D eigenvalue weighted by Crippen LogP contribution is -2.02. The molecule has 0 saturated heterocycles. The largest absolute Gasteiger partial charge is 0.511 e. The number of hydrogen-bond acceptors (Lipinski definition) is 4. The average molecular weight is 272 g/mol. The van der Waals surface area contributed by atoms with Gasteiger partial charge in [0.1, 0.15) is 11.5 Å². The molecule has 0 bridgehead atoms. The highest BCUT2D eigenvalue weighted by atomic mass is 16.7. The maximum Gasteiger partial charge on any atom is 0.511 e. The van der Waals surface area contributed by atoms with Crippen molar-refractivity contribution in [2.24, 2.45) is 0 Å². The van der Waals surface area contributed by atoms with Crippen molar-refractivity contribution < 1.29 is 24.2 Å². The molecule has 0 unspecified atom stereocenters. The third-order valence-corrected chi connectivity index (χ3v) is 2.51. The van der Waals surface area contributed by atoms with E-state index in [1.54, 1.807) is 36.4 Å². The molecule has 0 amide bonds. The van der Waals surface area contributed by atoms with Crippen molar-refractivity contribution >= 4 is 12.1 Å². The van der Waals surface area contributed by atoms with E-state index in [1.165, 1.54) is 6.92 Å². The van der Waals surface area contributed by atoms with Crippen LogP contribution < -0.4 is 9.47 Å². The van der Waals surface area contributed by atoms with Crippen LogP contribution in [0.5, 0.6) is 11.5 Å². The van der Waals surface area contributed by atoms with Crippen molar-refractivity contribution in [3.05, 3.63) is 48.5 Å². The molecule has 5 heteroatoms. The van der Waals surface area contributed by atoms with E-state index in [4.69, 9.17) is 9.84 Å². The maximum atomic E-state index is 10.8. The maximum absolute atomic E-state index is 10.8. The lowest BCUT2D eigenvalue weighted by atomic mass is 10.1. The van der Waals surface area contributed by atoms with Gasteiger partial charge >= 0.3 is 12.1 Å². The Kier molecular flexibility index (Phi) is 4.00. The summed E-state index contributed by atoms with van der Waals surface area (Å²) in [5.74, 6) is 0.373. The van der Waals surface area contributed by atoms with Crippen LogP contribution in [-0.2, 0) is 4.79 Å². The number of esters is 1. The van der Waals surface area contributed by atoms with E-state index in [9.17, 15) is 9.59 Å². The predicted molar refractivity (Wildman–Crippen MR) is 71.8 cm³/mol. The first kappa shape index (κ1) is 13.6. The summed E-state index contributed by atoms with van der Waals surface area (Å²) in [5, 5.41) is 8.49. The molecule has 102 valence electrons. The van der Waals surface area contributed by atoms with E-state index in [2.05, 4.69) is 4.74 Å². The SMILES string of the molecule is CC(=O)Oc1ccc(-c2ccc(OC(=O)O)cc2)cc1. The highest BCUT2D eigenvalue weighted by Gasteiger charge is 2.03. The normalized spacial score (nSPS) is 9.85. The average Bonchev–Trinajstić information content (AvgIpc) is 2.39. The van der Waals surface area contributed by atoms with Crippen LogP contribution in [0.15, 0.2) is 48.5 Å². The Morgan fingerprint density at radius 3 is 1.55 bits per heavy atom. The van der Waals surface area contributed by atoms with Crippen LogP contribution in [0.1, 0.15) is 6.92 Å². The van der Waals surface area contributed by atoms with Gasteiger partial charge in [0.15, 0.2) is 0 Å². The molecule has 2 aromatic carbocycles. The molecule has 0 heterocycles. The first-order valence-corrected chi connectivity index (χ1v) is 5.84. The van der Waals surface area contributed by atoms with Gasteiger partial charge < -0.3 is 14.6 Å². The Balaban J connectivity index is 2.15. The van der Waals surface area contributed by atoms with Gasteiger partial charge in [-0.1, -0.05) is 24.3 Å². The summed E-state index contributed by atoms with van der Waals surface area (Å²) in [6, 6.07) is 13.7. The van der Waals surface area contributed by atoms with Gasteiger partial charge in [0.25, 0.3) is 0 Å². The zero-order chi connectivity index (χ0) is 14.5. The van der Waals surface area contributed by atoms with Gasteiger partial charge in [0, 0.05) is 6.92 Å². The first-order valence-electron chi connectivity index (χ1n) is 5.84. The molecule has 5 nitrogen and oxygen atoms in total. The van der Waals surface area contributed by atoms with Gasteiger partial charge in [-0.05, 0) is 35.4 Å². The van der Waals surface area contributed by atoms with E-state index in [0.717, 1.165) is 11.1 Å². The molecule has 0 radical (unpaired) electrons. The first-order chi connectivity index (χ1) is 9.54. The summed E-state index contributed by atoms with van der Waals surface area (Å²) >= 11 is 0. The lowest BCUT2D eigenvalue weighted by molar-refractivity contribution is -0.131. The van der Waals surface area contributed by atoms with E-state index in [0.29, 0.717) is 5.75 Å². The fraction of sp³-hybridized carbons (Fsp3) is 0.0667. The lowest BCUT2D eigenvalue weighted by Gasteiger charge is -2.05. The summed E-state index contributed by atoms with van der Waals surface area (Å²) in [6.07, 6.45) is -1.34. The number of carbonyl (C=O) groups excluding carboxylic acids is 1. The molecule has 2 rings (SSSR count). The van der Waals surface area contributed by atoms with E-state index in [-0.39, 0.29) is 11.7 Å². The molecule has 0 aliphatic rings. The number of hydrogen-bond donors (Lipinski definition) is 1. The minimum Gasteiger partial charge on any atom is -0.449 e. The number of carbonyl (C=O) groups is 2. The van der Waals surface area contributed by atoms with Gasteiger partial charge in [-0.15, -0.1) is 0 Å². The number of rotatable bonds is 3. The zero-order valence-electron chi connectivity index (χ0n) is 10.7. The monoisotopic (exact) mass is 272 g/mol. The fourth-order valence-electron chi connectivity index (χ4n) is 1.70. The Morgan fingerprint density at radius 1 is 0.800 bits per heavy atom. The standard InChI is InChI=1S/C15H12O5/c1-10(16)19-13-6-2-11(3-7-13)12-4-8-14(9-5-12)20-15(17)18/h2-9H,1H3,(H,17,18). The molecule has 1 N–H and O–H groups in total. The van der Waals surface area contributed by atoms with Crippen LogP contribution in [0, 0.1) is 0 Å². The minimum atomic E-state index is -1.34. The van der Waals surface area contributed by atoms with Gasteiger partial charge in [-0.3, -0.25) is 4.79 Å². The molecular formula is C15H12O5.